The van der Waals surface area contributed by atoms with E-state index in [1.54, 1.807) is 35.7 Å². The molecule has 2 rings (SSSR count). The highest BCUT2D eigenvalue weighted by molar-refractivity contribution is 6.30. The summed E-state index contributed by atoms with van der Waals surface area (Å²) in [4.78, 5) is 11.6. The molecule has 66 valence electrons. The molecule has 0 fully saturated rings. The summed E-state index contributed by atoms with van der Waals surface area (Å²) < 4.78 is 1.58. The zero-order valence-corrected chi connectivity index (χ0v) is 7.88. The normalized spacial score (nSPS) is 10.6. The van der Waals surface area contributed by atoms with Crippen LogP contribution in [0.15, 0.2) is 35.3 Å². The van der Waals surface area contributed by atoms with Gasteiger partial charge >= 0.3 is 0 Å². The van der Waals surface area contributed by atoms with Gasteiger partial charge in [-0.3, -0.25) is 9.20 Å². The molecule has 3 heteroatoms. The van der Waals surface area contributed by atoms with Gasteiger partial charge in [0.05, 0.1) is 5.52 Å². The maximum atomic E-state index is 11.6. The van der Waals surface area contributed by atoms with Crippen LogP contribution in [-0.2, 0) is 0 Å². The number of hydrogen-bond acceptors (Lipinski definition) is 1. The molecule has 2 aromatic rings. The quantitative estimate of drug-likeness (QED) is 0.629. The van der Waals surface area contributed by atoms with Gasteiger partial charge < -0.3 is 0 Å². The van der Waals surface area contributed by atoms with Crippen LogP contribution in [-0.4, -0.2) is 4.40 Å². The molecule has 0 atom stereocenters. The van der Waals surface area contributed by atoms with E-state index in [0.29, 0.717) is 5.02 Å². The summed E-state index contributed by atoms with van der Waals surface area (Å²) in [6, 6.07) is 7.15. The first-order valence-corrected chi connectivity index (χ1v) is 4.34. The highest BCUT2D eigenvalue weighted by Gasteiger charge is 1.98. The number of nitrogens with zero attached hydrogens (tertiary/aromatic N) is 1. The molecule has 0 unspecified atom stereocenters. The molecule has 0 saturated carbocycles. The van der Waals surface area contributed by atoms with Crippen molar-refractivity contribution in [2.45, 2.75) is 6.92 Å². The molecule has 0 bridgehead atoms. The molecular weight excluding hydrogens is 186 g/mol. The SMILES string of the molecule is Cc1ccc2cc(Cl)ccn2c1=O. The molecule has 0 aromatic carbocycles. The Bertz CT molecular complexity index is 516. The monoisotopic (exact) mass is 193 g/mol. The zero-order chi connectivity index (χ0) is 9.42. The van der Waals surface area contributed by atoms with Crippen molar-refractivity contribution >= 4 is 17.1 Å². The lowest BCUT2D eigenvalue weighted by molar-refractivity contribution is 1.07. The van der Waals surface area contributed by atoms with Gasteiger partial charge in [0.25, 0.3) is 5.56 Å². The van der Waals surface area contributed by atoms with Crippen molar-refractivity contribution in [3.63, 3.8) is 0 Å². The maximum Gasteiger partial charge on any atom is 0.257 e. The van der Waals surface area contributed by atoms with Crippen molar-refractivity contribution in [1.82, 2.24) is 4.40 Å². The smallest absolute Gasteiger partial charge is 0.257 e. The van der Waals surface area contributed by atoms with Gasteiger partial charge in [0, 0.05) is 16.8 Å². The Labute approximate surface area is 80.4 Å². The average molecular weight is 194 g/mol. The van der Waals surface area contributed by atoms with Crippen LogP contribution in [0.5, 0.6) is 0 Å². The second kappa shape index (κ2) is 2.89. The summed E-state index contributed by atoms with van der Waals surface area (Å²) in [6.07, 6.45) is 1.69. The van der Waals surface area contributed by atoms with Crippen LogP contribution in [0.4, 0.5) is 0 Å². The fraction of sp³-hybridized carbons (Fsp3) is 0.100. The Hall–Kier alpha value is -1.28. The molecule has 0 saturated heterocycles. The standard InChI is InChI=1S/C10H8ClNO/c1-7-2-3-9-6-8(11)4-5-12(9)10(7)13/h2-6H,1H3. The van der Waals surface area contributed by atoms with Gasteiger partial charge in [0.2, 0.25) is 0 Å². The van der Waals surface area contributed by atoms with Crippen LogP contribution in [0, 0.1) is 6.92 Å². The van der Waals surface area contributed by atoms with E-state index in [-0.39, 0.29) is 5.56 Å². The first-order chi connectivity index (χ1) is 6.18. The molecule has 0 aliphatic rings. The average Bonchev–Trinajstić information content (AvgIpc) is 2.12. The van der Waals surface area contributed by atoms with Crippen LogP contribution < -0.4 is 5.56 Å². The van der Waals surface area contributed by atoms with E-state index in [0.717, 1.165) is 11.1 Å². The second-order valence-corrected chi connectivity index (χ2v) is 3.40. The molecule has 2 aromatic heterocycles. The first kappa shape index (κ1) is 8.32. The Morgan fingerprint density at radius 1 is 1.31 bits per heavy atom. The third-order valence-corrected chi connectivity index (χ3v) is 2.24. The van der Waals surface area contributed by atoms with Crippen LogP contribution in [0.1, 0.15) is 5.56 Å². The number of aryl methyl sites for hydroxylation is 1. The van der Waals surface area contributed by atoms with Gasteiger partial charge in [-0.25, -0.2) is 0 Å². The van der Waals surface area contributed by atoms with Crippen LogP contribution in [0.3, 0.4) is 0 Å². The summed E-state index contributed by atoms with van der Waals surface area (Å²) in [7, 11) is 0. The van der Waals surface area contributed by atoms with E-state index < -0.39 is 0 Å². The van der Waals surface area contributed by atoms with Crippen molar-refractivity contribution < 1.29 is 0 Å². The van der Waals surface area contributed by atoms with E-state index >= 15 is 0 Å². The third-order valence-electron chi connectivity index (χ3n) is 2.01. The van der Waals surface area contributed by atoms with Crippen molar-refractivity contribution in [1.29, 1.82) is 0 Å². The molecular formula is C10H8ClNO. The highest BCUT2D eigenvalue weighted by Crippen LogP contribution is 2.10. The van der Waals surface area contributed by atoms with Crippen molar-refractivity contribution in [2.75, 3.05) is 0 Å². The predicted octanol–water partition coefficient (Wildman–Crippen LogP) is 2.26. The van der Waals surface area contributed by atoms with E-state index in [1.807, 2.05) is 6.07 Å². The molecule has 0 amide bonds. The molecule has 0 radical (unpaired) electrons. The van der Waals surface area contributed by atoms with Gasteiger partial charge in [-0.05, 0) is 25.1 Å². The predicted molar refractivity (Wildman–Crippen MR) is 53.4 cm³/mol. The molecule has 2 nitrogen and oxygen atoms in total. The highest BCUT2D eigenvalue weighted by atomic mass is 35.5. The second-order valence-electron chi connectivity index (χ2n) is 2.96. The fourth-order valence-electron chi connectivity index (χ4n) is 1.28. The Morgan fingerprint density at radius 2 is 2.08 bits per heavy atom. The molecule has 0 spiro atoms. The summed E-state index contributed by atoms with van der Waals surface area (Å²) in [5, 5.41) is 0.642. The lowest BCUT2D eigenvalue weighted by Crippen LogP contribution is -2.14. The van der Waals surface area contributed by atoms with Crippen LogP contribution in [0.2, 0.25) is 5.02 Å². The van der Waals surface area contributed by atoms with Crippen molar-refractivity contribution in [3.05, 3.63) is 51.4 Å². The van der Waals surface area contributed by atoms with Crippen LogP contribution in [0.25, 0.3) is 5.52 Å². The minimum atomic E-state index is 0.00849. The topological polar surface area (TPSA) is 21.5 Å². The molecule has 0 aliphatic carbocycles. The Kier molecular flexibility index (Phi) is 1.85. The summed E-state index contributed by atoms with van der Waals surface area (Å²) >= 11 is 5.80. The minimum Gasteiger partial charge on any atom is -0.284 e. The fourth-order valence-corrected chi connectivity index (χ4v) is 1.44. The summed E-state index contributed by atoms with van der Waals surface area (Å²) in [6.45, 7) is 1.80. The number of rotatable bonds is 0. The van der Waals surface area contributed by atoms with Crippen molar-refractivity contribution in [2.24, 2.45) is 0 Å². The van der Waals surface area contributed by atoms with E-state index in [1.165, 1.54) is 0 Å². The van der Waals surface area contributed by atoms with Gasteiger partial charge in [0.1, 0.15) is 0 Å². The number of pyridine rings is 2. The zero-order valence-electron chi connectivity index (χ0n) is 7.12. The minimum absolute atomic E-state index is 0.00849. The van der Waals surface area contributed by atoms with E-state index in [9.17, 15) is 4.79 Å². The Balaban J connectivity index is 2.95. The number of halogens is 1. The van der Waals surface area contributed by atoms with Crippen LogP contribution >= 0.6 is 11.6 Å². The number of aromatic nitrogens is 1. The molecule has 0 N–H and O–H groups in total. The number of hydrogen-bond donors (Lipinski definition) is 0. The van der Waals surface area contributed by atoms with E-state index in [4.69, 9.17) is 11.6 Å². The van der Waals surface area contributed by atoms with Gasteiger partial charge in [0.15, 0.2) is 0 Å². The molecule has 13 heavy (non-hydrogen) atoms. The molecule has 0 aliphatic heterocycles. The van der Waals surface area contributed by atoms with Gasteiger partial charge in [-0.15, -0.1) is 0 Å². The third kappa shape index (κ3) is 1.33. The maximum absolute atomic E-state index is 11.6. The Morgan fingerprint density at radius 3 is 2.85 bits per heavy atom. The lowest BCUT2D eigenvalue weighted by Gasteiger charge is -2.01. The molecule has 2 heterocycles. The summed E-state index contributed by atoms with van der Waals surface area (Å²) in [5.74, 6) is 0. The lowest BCUT2D eigenvalue weighted by atomic mass is 10.2. The largest absolute Gasteiger partial charge is 0.284 e. The summed E-state index contributed by atoms with van der Waals surface area (Å²) in [5.41, 5.74) is 1.57. The van der Waals surface area contributed by atoms with Gasteiger partial charge in [-0.1, -0.05) is 17.7 Å². The van der Waals surface area contributed by atoms with Gasteiger partial charge in [-0.2, -0.15) is 0 Å². The van der Waals surface area contributed by atoms with E-state index in [2.05, 4.69) is 0 Å². The number of fused-ring (bicyclic) bond motifs is 1. The van der Waals surface area contributed by atoms with Crippen molar-refractivity contribution in [3.8, 4) is 0 Å². The first-order valence-electron chi connectivity index (χ1n) is 3.96.